The molecule has 0 aromatic heterocycles. The van der Waals surface area contributed by atoms with Gasteiger partial charge in [0.1, 0.15) is 11.5 Å². The minimum atomic E-state index is -0.274. The van der Waals surface area contributed by atoms with Crippen molar-refractivity contribution in [3.63, 3.8) is 0 Å². The van der Waals surface area contributed by atoms with Crippen LogP contribution in [0, 0.1) is 30.1 Å². The lowest BCUT2D eigenvalue weighted by atomic mass is 9.69. The molecule has 2 aliphatic carbocycles. The first-order valence-electron chi connectivity index (χ1n) is 10.7. The van der Waals surface area contributed by atoms with E-state index in [0.29, 0.717) is 35.8 Å². The fourth-order valence-electron chi connectivity index (χ4n) is 5.78. The summed E-state index contributed by atoms with van der Waals surface area (Å²) in [6.07, 6.45) is 3.45. The van der Waals surface area contributed by atoms with Crippen LogP contribution in [0.2, 0.25) is 0 Å². The van der Waals surface area contributed by atoms with E-state index in [9.17, 15) is 4.79 Å². The van der Waals surface area contributed by atoms with Gasteiger partial charge in [-0.1, -0.05) is 40.7 Å². The minimum absolute atomic E-state index is 0.00740. The van der Waals surface area contributed by atoms with Gasteiger partial charge in [0.15, 0.2) is 12.0 Å². The summed E-state index contributed by atoms with van der Waals surface area (Å²) in [5, 5.41) is 0. The van der Waals surface area contributed by atoms with E-state index in [1.54, 1.807) is 0 Å². The smallest absolute Gasteiger partial charge is 0.190 e. The maximum atomic E-state index is 13.4. The summed E-state index contributed by atoms with van der Waals surface area (Å²) in [7, 11) is 0. The molecule has 4 atom stereocenters. The Balaban J connectivity index is 1.96. The number of benzene rings is 1. The number of aryl methyl sites for hydroxylation is 1. The van der Waals surface area contributed by atoms with Crippen LogP contribution in [0.1, 0.15) is 82.9 Å². The van der Waals surface area contributed by atoms with Crippen LogP contribution in [0.5, 0.6) is 5.75 Å². The first-order chi connectivity index (χ1) is 13.1. The summed E-state index contributed by atoms with van der Waals surface area (Å²) in [5.74, 6) is 3.08. The number of hydrogen-bond acceptors (Lipinski definition) is 3. The highest BCUT2D eigenvalue weighted by Crippen LogP contribution is 2.60. The van der Waals surface area contributed by atoms with Gasteiger partial charge in [-0.05, 0) is 75.9 Å². The van der Waals surface area contributed by atoms with Crippen molar-refractivity contribution in [3.05, 3.63) is 27.2 Å². The van der Waals surface area contributed by atoms with Crippen molar-refractivity contribution in [2.24, 2.45) is 28.2 Å². The van der Waals surface area contributed by atoms with Gasteiger partial charge in [0, 0.05) is 12.8 Å². The van der Waals surface area contributed by atoms with E-state index < -0.39 is 0 Å². The molecule has 0 N–H and O–H groups in total. The van der Waals surface area contributed by atoms with Crippen molar-refractivity contribution in [2.75, 3.05) is 0 Å². The maximum absolute atomic E-state index is 13.4. The molecule has 1 fully saturated rings. The van der Waals surface area contributed by atoms with Crippen molar-refractivity contribution in [1.82, 2.24) is 0 Å². The van der Waals surface area contributed by atoms with Gasteiger partial charge in [-0.15, -0.1) is 0 Å². The van der Waals surface area contributed by atoms with E-state index in [4.69, 9.17) is 9.73 Å². The molecule has 1 aromatic carbocycles. The molecular formula is C24H32BrNO2. The average molecular weight is 446 g/mol. The van der Waals surface area contributed by atoms with Crippen molar-refractivity contribution >= 4 is 27.4 Å². The Morgan fingerprint density at radius 2 is 2.04 bits per heavy atom. The molecule has 0 bridgehead atoms. The average Bonchev–Trinajstić information content (AvgIpc) is 2.90. The number of ketones is 1. The summed E-state index contributed by atoms with van der Waals surface area (Å²) in [6, 6.07) is 2.30. The molecule has 3 aliphatic rings. The predicted octanol–water partition coefficient (Wildman–Crippen LogP) is 6.44. The van der Waals surface area contributed by atoms with E-state index in [2.05, 4.69) is 63.5 Å². The third kappa shape index (κ3) is 3.07. The van der Waals surface area contributed by atoms with Crippen LogP contribution >= 0.6 is 15.9 Å². The minimum Gasteiger partial charge on any atom is -0.467 e. The Hall–Kier alpha value is -1.16. The number of rotatable bonds is 3. The monoisotopic (exact) mass is 445 g/mol. The molecule has 0 unspecified atom stereocenters. The van der Waals surface area contributed by atoms with E-state index in [-0.39, 0.29) is 17.4 Å². The lowest BCUT2D eigenvalue weighted by Gasteiger charge is -2.35. The van der Waals surface area contributed by atoms with Gasteiger partial charge in [-0.3, -0.25) is 4.79 Å². The molecule has 1 heterocycles. The molecule has 0 spiro atoms. The predicted molar refractivity (Wildman–Crippen MR) is 117 cm³/mol. The van der Waals surface area contributed by atoms with Gasteiger partial charge in [-0.2, -0.15) is 0 Å². The lowest BCUT2D eigenvalue weighted by molar-refractivity contribution is -0.115. The number of ether oxygens (including phenoxy) is 1. The van der Waals surface area contributed by atoms with Crippen LogP contribution < -0.4 is 4.74 Å². The van der Waals surface area contributed by atoms with Gasteiger partial charge >= 0.3 is 0 Å². The van der Waals surface area contributed by atoms with Gasteiger partial charge in [0.05, 0.1) is 10.0 Å². The van der Waals surface area contributed by atoms with E-state index in [1.165, 1.54) is 17.5 Å². The Morgan fingerprint density at radius 3 is 2.68 bits per heavy atom. The van der Waals surface area contributed by atoms with Crippen LogP contribution in [-0.2, 0) is 4.79 Å². The number of fused-ring (bicyclic) bond motifs is 2. The van der Waals surface area contributed by atoms with Crippen LogP contribution in [0.15, 0.2) is 15.5 Å². The summed E-state index contributed by atoms with van der Waals surface area (Å²) >= 11 is 3.76. The molecular weight excluding hydrogens is 414 g/mol. The van der Waals surface area contributed by atoms with Crippen molar-refractivity contribution in [3.8, 4) is 5.75 Å². The molecule has 0 radical (unpaired) electrons. The Bertz CT molecular complexity index is 857. The number of aliphatic imine (C=N–C) groups is 1. The normalized spacial score (nSPS) is 31.4. The molecule has 152 valence electrons. The van der Waals surface area contributed by atoms with Crippen molar-refractivity contribution in [2.45, 2.75) is 79.4 Å². The molecule has 28 heavy (non-hydrogen) atoms. The second-order valence-electron chi connectivity index (χ2n) is 10.2. The number of carbonyl (C=O) groups is 1. The van der Waals surface area contributed by atoms with Gasteiger partial charge < -0.3 is 4.74 Å². The second kappa shape index (κ2) is 6.97. The Labute approximate surface area is 177 Å². The van der Waals surface area contributed by atoms with Crippen LogP contribution in [0.3, 0.4) is 0 Å². The molecule has 1 saturated carbocycles. The molecule has 4 heteroatoms. The van der Waals surface area contributed by atoms with Gasteiger partial charge in [0.2, 0.25) is 0 Å². The number of Topliss-reactive ketones (excluding diaryl/α,β-unsaturated/α-hetero) is 1. The fourth-order valence-corrected chi connectivity index (χ4v) is 6.19. The molecule has 4 rings (SSSR count). The highest BCUT2D eigenvalue weighted by atomic mass is 79.9. The van der Waals surface area contributed by atoms with Crippen LogP contribution in [0.25, 0.3) is 0 Å². The first-order valence-corrected chi connectivity index (χ1v) is 11.5. The Morgan fingerprint density at radius 1 is 1.32 bits per heavy atom. The largest absolute Gasteiger partial charge is 0.467 e. The molecule has 1 aromatic rings. The Kier molecular flexibility index (Phi) is 5.01. The maximum Gasteiger partial charge on any atom is 0.190 e. The number of halogens is 1. The highest BCUT2D eigenvalue weighted by molar-refractivity contribution is 9.10. The fraction of sp³-hybridized carbons (Fsp3) is 0.667. The van der Waals surface area contributed by atoms with Crippen LogP contribution in [-0.4, -0.2) is 17.7 Å². The SMILES string of the molecule is Cc1cc2c3c(c1Br)O[C@H](CC(C)C)N=C3C(=O)C[C@]1(C)CC[C@H](C(C)C)[C@H]21. The zero-order valence-corrected chi connectivity index (χ0v) is 19.5. The summed E-state index contributed by atoms with van der Waals surface area (Å²) in [5.41, 5.74) is 4.13. The lowest BCUT2D eigenvalue weighted by Crippen LogP contribution is -2.30. The van der Waals surface area contributed by atoms with E-state index in [0.717, 1.165) is 28.6 Å². The van der Waals surface area contributed by atoms with Crippen molar-refractivity contribution in [1.29, 1.82) is 0 Å². The zero-order chi connectivity index (χ0) is 20.4. The highest BCUT2D eigenvalue weighted by Gasteiger charge is 2.52. The van der Waals surface area contributed by atoms with E-state index in [1.807, 2.05) is 0 Å². The van der Waals surface area contributed by atoms with Gasteiger partial charge in [-0.25, -0.2) is 4.99 Å². The summed E-state index contributed by atoms with van der Waals surface area (Å²) in [6.45, 7) is 13.5. The molecule has 0 saturated heterocycles. The first kappa shape index (κ1) is 20.1. The summed E-state index contributed by atoms with van der Waals surface area (Å²) < 4.78 is 7.37. The third-order valence-electron chi connectivity index (χ3n) is 7.12. The number of nitrogens with zero attached hydrogens (tertiary/aromatic N) is 1. The van der Waals surface area contributed by atoms with E-state index >= 15 is 0 Å². The zero-order valence-electron chi connectivity index (χ0n) is 17.9. The second-order valence-corrected chi connectivity index (χ2v) is 11.0. The topological polar surface area (TPSA) is 38.7 Å². The van der Waals surface area contributed by atoms with Gasteiger partial charge in [0.25, 0.3) is 0 Å². The number of hydrogen-bond donors (Lipinski definition) is 0. The molecule has 3 nitrogen and oxygen atoms in total. The van der Waals surface area contributed by atoms with Crippen molar-refractivity contribution < 1.29 is 9.53 Å². The third-order valence-corrected chi connectivity index (χ3v) is 8.10. The molecule has 0 amide bonds. The quantitative estimate of drug-likeness (QED) is 0.536. The molecule has 1 aliphatic heterocycles. The number of carbonyl (C=O) groups excluding carboxylic acids is 1. The standard InChI is InChI=1S/C24H32BrNO2/c1-12(2)9-18-26-22-17(27)11-24(6)8-7-15(13(3)4)20(24)16-10-14(5)21(25)23(28-18)19(16)22/h10,12-13,15,18,20H,7-9,11H2,1-6H3/t15-,18-,20-,24+/m1/s1. The van der Waals surface area contributed by atoms with Crippen LogP contribution in [0.4, 0.5) is 0 Å². The summed E-state index contributed by atoms with van der Waals surface area (Å²) in [4.78, 5) is 18.3.